The lowest BCUT2D eigenvalue weighted by Gasteiger charge is -2.48. The van der Waals surface area contributed by atoms with Gasteiger partial charge in [0.25, 0.3) is 0 Å². The van der Waals surface area contributed by atoms with Gasteiger partial charge < -0.3 is 4.90 Å². The zero-order valence-electron chi connectivity index (χ0n) is 23.6. The summed E-state index contributed by atoms with van der Waals surface area (Å²) in [6, 6.07) is 5.17. The minimum Gasteiger partial charge on any atom is -0.302 e. The zero-order valence-corrected chi connectivity index (χ0v) is 23.6. The molecule has 35 heavy (non-hydrogen) atoms. The molecule has 1 aromatic carbocycles. The zero-order chi connectivity index (χ0) is 26.6. The molecule has 0 radical (unpaired) electrons. The van der Waals surface area contributed by atoms with Crippen LogP contribution in [0, 0.1) is 38.0 Å². The molecular weight excluding hydrogens is 428 g/mol. The lowest BCUT2D eigenvalue weighted by molar-refractivity contribution is 0.0432. The Bertz CT molecular complexity index is 847. The van der Waals surface area contributed by atoms with E-state index in [0.717, 1.165) is 36.8 Å². The Morgan fingerprint density at radius 1 is 1.20 bits per heavy atom. The Kier molecular flexibility index (Phi) is 13.4. The highest BCUT2D eigenvalue weighted by atomic mass is 16.1. The fourth-order valence-electron chi connectivity index (χ4n) is 6.27. The maximum Gasteiger partial charge on any atom is 0.150 e. The van der Waals surface area contributed by atoms with Gasteiger partial charge in [0.1, 0.15) is 6.29 Å². The molecule has 2 saturated heterocycles. The Balaban J connectivity index is 0.000000484. The topological polar surface area (TPSA) is 23.3 Å². The van der Waals surface area contributed by atoms with Crippen molar-refractivity contribution in [2.45, 2.75) is 104 Å². The van der Waals surface area contributed by atoms with Gasteiger partial charge in [0, 0.05) is 30.2 Å². The lowest BCUT2D eigenvalue weighted by Crippen LogP contribution is -2.56. The first-order valence-corrected chi connectivity index (χ1v) is 13.7. The number of carbonyl (C=O) groups is 1. The molecule has 3 heteroatoms. The average molecular weight is 479 g/mol. The molecule has 0 bridgehead atoms. The second-order valence-electron chi connectivity index (χ2n) is 10.1. The van der Waals surface area contributed by atoms with Crippen LogP contribution in [0.4, 0.5) is 0 Å². The summed E-state index contributed by atoms with van der Waals surface area (Å²) in [6.45, 7) is 15.9. The van der Waals surface area contributed by atoms with Crippen molar-refractivity contribution in [3.8, 4) is 25.2 Å². The van der Waals surface area contributed by atoms with E-state index in [1.165, 1.54) is 68.3 Å². The highest BCUT2D eigenvalue weighted by Gasteiger charge is 2.70. The highest BCUT2D eigenvalue weighted by molar-refractivity contribution is 5.79. The number of aryl methyl sites for hydroxylation is 2. The number of nitrogens with zero attached hydrogens (tertiary/aromatic N) is 2. The molecule has 0 aromatic heterocycles. The maximum atomic E-state index is 11.6. The lowest BCUT2D eigenvalue weighted by atomic mass is 9.67. The van der Waals surface area contributed by atoms with Crippen LogP contribution < -0.4 is 0 Å². The van der Waals surface area contributed by atoms with Crippen LogP contribution in [-0.4, -0.2) is 54.3 Å². The van der Waals surface area contributed by atoms with Crippen LogP contribution in [0.5, 0.6) is 0 Å². The van der Waals surface area contributed by atoms with Gasteiger partial charge in [-0.05, 0) is 88.6 Å². The van der Waals surface area contributed by atoms with Gasteiger partial charge >= 0.3 is 0 Å². The Morgan fingerprint density at radius 2 is 1.83 bits per heavy atom. The molecular formula is C32H50N2O. The molecule has 1 spiro atoms. The molecule has 0 amide bonds. The summed E-state index contributed by atoms with van der Waals surface area (Å²) in [7, 11) is 2.33. The van der Waals surface area contributed by atoms with Crippen molar-refractivity contribution in [2.75, 3.05) is 26.7 Å². The molecule has 1 aromatic rings. The van der Waals surface area contributed by atoms with Crippen LogP contribution in [0.3, 0.4) is 0 Å². The number of piperidine rings is 1. The van der Waals surface area contributed by atoms with Gasteiger partial charge in [-0.2, -0.15) is 0 Å². The Morgan fingerprint density at radius 3 is 2.34 bits per heavy atom. The standard InChI is InChI=1S/C21H28N2O.C4H10.C3H4.C2H6.C2H2/c1-14-8-15-4-3-5-16(20(15)17(9-14)12-24)11-22(2)19-10-21-13-23(21)7-6-18(19)21;1-3-4-2;1-3-2;2*1-2/h8-9,12,16,18-19H,3-7,10-11,13H2,1-2H3;3-4H2,1-2H3;1H,2H3;1-2H3;1-2H. The molecule has 4 aliphatic rings. The van der Waals surface area contributed by atoms with Crippen LogP contribution in [-0.2, 0) is 6.42 Å². The Labute approximate surface area is 217 Å². The molecule has 5 atom stereocenters. The first-order valence-electron chi connectivity index (χ1n) is 13.7. The summed E-state index contributed by atoms with van der Waals surface area (Å²) in [6.07, 6.45) is 22.7. The number of likely N-dealkylation sites (N-methyl/N-ethyl adjacent to an activating group) is 1. The first kappa shape index (κ1) is 31.0. The molecule has 1 saturated carbocycles. The molecule has 5 unspecified atom stereocenters. The highest BCUT2D eigenvalue weighted by Crippen LogP contribution is 2.61. The van der Waals surface area contributed by atoms with Gasteiger partial charge in [-0.1, -0.05) is 52.2 Å². The van der Waals surface area contributed by atoms with Crippen LogP contribution in [0.1, 0.15) is 106 Å². The van der Waals surface area contributed by atoms with Crippen molar-refractivity contribution in [2.24, 2.45) is 5.92 Å². The molecule has 3 fully saturated rings. The monoisotopic (exact) mass is 478 g/mol. The smallest absolute Gasteiger partial charge is 0.150 e. The third-order valence-electron chi connectivity index (χ3n) is 7.97. The second-order valence-corrected chi connectivity index (χ2v) is 10.1. The number of benzene rings is 1. The van der Waals surface area contributed by atoms with E-state index in [0.29, 0.717) is 11.5 Å². The number of hydrogen-bond donors (Lipinski definition) is 0. The van der Waals surface area contributed by atoms with Crippen molar-refractivity contribution in [1.29, 1.82) is 0 Å². The first-order chi connectivity index (χ1) is 16.9. The second kappa shape index (κ2) is 15.1. The summed E-state index contributed by atoms with van der Waals surface area (Å²) in [5, 5.41) is 0. The third kappa shape index (κ3) is 7.00. The molecule has 3 nitrogen and oxygen atoms in total. The van der Waals surface area contributed by atoms with Gasteiger partial charge in [0.05, 0.1) is 0 Å². The number of hydrogen-bond acceptors (Lipinski definition) is 3. The van der Waals surface area contributed by atoms with Crippen molar-refractivity contribution in [3.05, 3.63) is 34.4 Å². The fourth-order valence-corrected chi connectivity index (χ4v) is 6.27. The molecule has 194 valence electrons. The van der Waals surface area contributed by atoms with Crippen LogP contribution in [0.25, 0.3) is 0 Å². The van der Waals surface area contributed by atoms with Crippen molar-refractivity contribution in [3.63, 3.8) is 0 Å². The predicted octanol–water partition coefficient (Wildman–Crippen LogP) is 6.73. The number of fused-ring (bicyclic) bond motifs is 1. The number of carbonyl (C=O) groups excluding carboxylic acids is 1. The van der Waals surface area contributed by atoms with E-state index in [1.807, 2.05) is 13.8 Å². The van der Waals surface area contributed by atoms with E-state index in [1.54, 1.807) is 6.92 Å². The number of unbranched alkanes of at least 4 members (excludes halogenated alkanes) is 1. The molecule has 2 aliphatic heterocycles. The van der Waals surface area contributed by atoms with Gasteiger partial charge in [-0.3, -0.25) is 9.69 Å². The minimum atomic E-state index is 0.535. The van der Waals surface area contributed by atoms with E-state index in [9.17, 15) is 4.79 Å². The van der Waals surface area contributed by atoms with E-state index in [-0.39, 0.29) is 0 Å². The summed E-state index contributed by atoms with van der Waals surface area (Å²) in [5.41, 5.74) is 5.60. The van der Waals surface area contributed by atoms with E-state index >= 15 is 0 Å². The molecule has 2 heterocycles. The Hall–Kier alpha value is -2.07. The van der Waals surface area contributed by atoms with Crippen molar-refractivity contribution < 1.29 is 4.79 Å². The van der Waals surface area contributed by atoms with Crippen molar-refractivity contribution >= 4 is 6.29 Å². The SMILES string of the molecule is C#C.C#CC.CC.CCCC.Cc1cc(C=O)c2c(c1)CCCC2CN(C)C1CC23CN2CCC13. The van der Waals surface area contributed by atoms with E-state index in [2.05, 4.69) is 74.9 Å². The predicted molar refractivity (Wildman–Crippen MR) is 152 cm³/mol. The fraction of sp³-hybridized carbons (Fsp3) is 0.656. The number of terminal acetylenes is 2. The summed E-state index contributed by atoms with van der Waals surface area (Å²) in [5.74, 6) is 3.70. The van der Waals surface area contributed by atoms with Gasteiger partial charge in [-0.15, -0.1) is 25.2 Å². The average Bonchev–Trinajstić information content (AvgIpc) is 3.55. The third-order valence-corrected chi connectivity index (χ3v) is 7.97. The van der Waals surface area contributed by atoms with E-state index < -0.39 is 0 Å². The van der Waals surface area contributed by atoms with Crippen LogP contribution in [0.15, 0.2) is 12.1 Å². The summed E-state index contributed by atoms with van der Waals surface area (Å²) >= 11 is 0. The number of rotatable bonds is 5. The van der Waals surface area contributed by atoms with Gasteiger partial charge in [-0.25, -0.2) is 0 Å². The van der Waals surface area contributed by atoms with Crippen LogP contribution >= 0.6 is 0 Å². The molecule has 2 aliphatic carbocycles. The van der Waals surface area contributed by atoms with Gasteiger partial charge in [0.15, 0.2) is 0 Å². The minimum absolute atomic E-state index is 0.535. The number of aldehydes is 1. The largest absolute Gasteiger partial charge is 0.302 e. The summed E-state index contributed by atoms with van der Waals surface area (Å²) in [4.78, 5) is 17.0. The van der Waals surface area contributed by atoms with Crippen LogP contribution in [0.2, 0.25) is 0 Å². The molecule has 5 rings (SSSR count). The van der Waals surface area contributed by atoms with Gasteiger partial charge in [0.2, 0.25) is 0 Å². The van der Waals surface area contributed by atoms with E-state index in [4.69, 9.17) is 0 Å². The molecule has 0 N–H and O–H groups in total. The normalized spacial score (nSPS) is 28.0. The maximum absolute atomic E-state index is 11.6. The van der Waals surface area contributed by atoms with Crippen molar-refractivity contribution in [1.82, 2.24) is 9.80 Å². The summed E-state index contributed by atoms with van der Waals surface area (Å²) < 4.78 is 0. The quantitative estimate of drug-likeness (QED) is 0.266.